The van der Waals surface area contributed by atoms with Crippen LogP contribution in [0.15, 0.2) is 18.2 Å². The number of ether oxygens (including phenoxy) is 2. The fraction of sp³-hybridized carbons (Fsp3) is 0.538. The highest BCUT2D eigenvalue weighted by Crippen LogP contribution is 2.17. The molecular formula is C13H20FNO2. The lowest BCUT2D eigenvalue weighted by Crippen LogP contribution is -2.30. The summed E-state index contributed by atoms with van der Waals surface area (Å²) in [4.78, 5) is 0. The summed E-state index contributed by atoms with van der Waals surface area (Å²) in [7, 11) is 1.46. The smallest absolute Gasteiger partial charge is 0.165 e. The Morgan fingerprint density at radius 3 is 2.76 bits per heavy atom. The molecule has 1 rings (SSSR count). The van der Waals surface area contributed by atoms with Gasteiger partial charge in [0.25, 0.3) is 0 Å². The van der Waals surface area contributed by atoms with Gasteiger partial charge in [-0.05, 0) is 31.5 Å². The predicted octanol–water partition coefficient (Wildman–Crippen LogP) is 2.35. The van der Waals surface area contributed by atoms with Crippen LogP contribution in [0.3, 0.4) is 0 Å². The first-order valence-electron chi connectivity index (χ1n) is 5.81. The van der Waals surface area contributed by atoms with Crippen molar-refractivity contribution in [1.82, 2.24) is 5.32 Å². The van der Waals surface area contributed by atoms with Gasteiger partial charge in [0.2, 0.25) is 0 Å². The molecule has 96 valence electrons. The lowest BCUT2D eigenvalue weighted by atomic mass is 10.2. The van der Waals surface area contributed by atoms with Crippen molar-refractivity contribution in [2.45, 2.75) is 26.4 Å². The van der Waals surface area contributed by atoms with E-state index in [2.05, 4.69) is 5.32 Å². The van der Waals surface area contributed by atoms with E-state index in [-0.39, 0.29) is 17.6 Å². The average molecular weight is 241 g/mol. The molecule has 0 spiro atoms. The van der Waals surface area contributed by atoms with Crippen LogP contribution in [0.4, 0.5) is 4.39 Å². The molecule has 3 nitrogen and oxygen atoms in total. The van der Waals surface area contributed by atoms with Crippen LogP contribution in [0.2, 0.25) is 0 Å². The minimum absolute atomic E-state index is 0.250. The van der Waals surface area contributed by atoms with Gasteiger partial charge in [-0.1, -0.05) is 6.07 Å². The topological polar surface area (TPSA) is 30.5 Å². The summed E-state index contributed by atoms with van der Waals surface area (Å²) in [5.41, 5.74) is 0.895. The largest absolute Gasteiger partial charge is 0.494 e. The number of benzene rings is 1. The number of hydrogen-bond donors (Lipinski definition) is 1. The monoisotopic (exact) mass is 241 g/mol. The Morgan fingerprint density at radius 2 is 2.18 bits per heavy atom. The standard InChI is InChI=1S/C13H20FNO2/c1-4-17-9-10(2)15-8-11-5-6-13(16-3)12(14)7-11/h5-7,10,15H,4,8-9H2,1-3H3. The Bertz CT molecular complexity index is 344. The van der Waals surface area contributed by atoms with Gasteiger partial charge in [-0.3, -0.25) is 0 Å². The summed E-state index contributed by atoms with van der Waals surface area (Å²) in [6.45, 7) is 5.99. The SMILES string of the molecule is CCOCC(C)NCc1ccc(OC)c(F)c1. The molecule has 0 radical (unpaired) electrons. The summed E-state index contributed by atoms with van der Waals surface area (Å²) < 4.78 is 23.6. The highest BCUT2D eigenvalue weighted by Gasteiger charge is 2.05. The van der Waals surface area contributed by atoms with E-state index >= 15 is 0 Å². The van der Waals surface area contributed by atoms with Gasteiger partial charge >= 0.3 is 0 Å². The van der Waals surface area contributed by atoms with Gasteiger partial charge in [-0.15, -0.1) is 0 Å². The summed E-state index contributed by atoms with van der Waals surface area (Å²) >= 11 is 0. The maximum absolute atomic E-state index is 13.4. The quantitative estimate of drug-likeness (QED) is 0.795. The van der Waals surface area contributed by atoms with Crippen molar-refractivity contribution in [3.8, 4) is 5.75 Å². The Hall–Kier alpha value is -1.13. The van der Waals surface area contributed by atoms with Crippen molar-refractivity contribution in [3.05, 3.63) is 29.6 Å². The first-order chi connectivity index (χ1) is 8.17. The Kier molecular flexibility index (Phi) is 5.94. The van der Waals surface area contributed by atoms with E-state index in [4.69, 9.17) is 9.47 Å². The first kappa shape index (κ1) is 13.9. The van der Waals surface area contributed by atoms with Gasteiger partial charge in [0.05, 0.1) is 13.7 Å². The van der Waals surface area contributed by atoms with Crippen LogP contribution in [0.1, 0.15) is 19.4 Å². The van der Waals surface area contributed by atoms with E-state index < -0.39 is 0 Å². The van der Waals surface area contributed by atoms with Crippen LogP contribution >= 0.6 is 0 Å². The van der Waals surface area contributed by atoms with Crippen LogP contribution in [0, 0.1) is 5.82 Å². The average Bonchev–Trinajstić information content (AvgIpc) is 2.34. The van der Waals surface area contributed by atoms with E-state index in [0.717, 1.165) is 5.56 Å². The van der Waals surface area contributed by atoms with Gasteiger partial charge < -0.3 is 14.8 Å². The third-order valence-electron chi connectivity index (χ3n) is 2.44. The molecule has 1 aromatic carbocycles. The maximum Gasteiger partial charge on any atom is 0.165 e. The third-order valence-corrected chi connectivity index (χ3v) is 2.44. The molecule has 1 unspecified atom stereocenters. The zero-order valence-electron chi connectivity index (χ0n) is 10.6. The molecule has 0 amide bonds. The maximum atomic E-state index is 13.4. The summed E-state index contributed by atoms with van der Waals surface area (Å²) in [6.07, 6.45) is 0. The summed E-state index contributed by atoms with van der Waals surface area (Å²) in [5, 5.41) is 3.27. The highest BCUT2D eigenvalue weighted by atomic mass is 19.1. The normalized spacial score (nSPS) is 12.5. The molecule has 4 heteroatoms. The summed E-state index contributed by atoms with van der Waals surface area (Å²) in [6, 6.07) is 5.22. The van der Waals surface area contributed by atoms with E-state index in [0.29, 0.717) is 19.8 Å². The Morgan fingerprint density at radius 1 is 1.41 bits per heavy atom. The molecule has 0 fully saturated rings. The Labute approximate surface area is 102 Å². The second kappa shape index (κ2) is 7.25. The molecule has 1 N–H and O–H groups in total. The predicted molar refractivity (Wildman–Crippen MR) is 65.7 cm³/mol. The molecule has 1 aromatic rings. The van der Waals surface area contributed by atoms with Crippen LogP contribution in [0.25, 0.3) is 0 Å². The number of nitrogens with one attached hydrogen (secondary N) is 1. The van der Waals surface area contributed by atoms with Gasteiger partial charge in [0.15, 0.2) is 11.6 Å². The molecule has 0 bridgehead atoms. The third kappa shape index (κ3) is 4.71. The molecule has 0 aliphatic rings. The van der Waals surface area contributed by atoms with Gasteiger partial charge in [-0.2, -0.15) is 0 Å². The highest BCUT2D eigenvalue weighted by molar-refractivity contribution is 5.29. The van der Waals surface area contributed by atoms with Crippen LogP contribution in [0.5, 0.6) is 5.75 Å². The fourth-order valence-electron chi connectivity index (χ4n) is 1.47. The lowest BCUT2D eigenvalue weighted by Gasteiger charge is -2.13. The van der Waals surface area contributed by atoms with Gasteiger partial charge in [0.1, 0.15) is 0 Å². The molecule has 0 aliphatic heterocycles. The van der Waals surface area contributed by atoms with Crippen LogP contribution in [-0.4, -0.2) is 26.4 Å². The molecule has 0 aromatic heterocycles. The Balaban J connectivity index is 2.44. The molecule has 0 saturated carbocycles. The summed E-state index contributed by atoms with van der Waals surface area (Å²) in [5.74, 6) is -0.0552. The zero-order chi connectivity index (χ0) is 12.7. The van der Waals surface area contributed by atoms with Crippen molar-refractivity contribution in [2.24, 2.45) is 0 Å². The number of methoxy groups -OCH3 is 1. The number of rotatable bonds is 7. The lowest BCUT2D eigenvalue weighted by molar-refractivity contribution is 0.127. The van der Waals surface area contributed by atoms with Gasteiger partial charge in [0, 0.05) is 19.2 Å². The minimum Gasteiger partial charge on any atom is -0.494 e. The van der Waals surface area contributed by atoms with E-state index in [1.807, 2.05) is 19.9 Å². The molecule has 0 aliphatic carbocycles. The van der Waals surface area contributed by atoms with Crippen molar-refractivity contribution in [3.63, 3.8) is 0 Å². The fourth-order valence-corrected chi connectivity index (χ4v) is 1.47. The van der Waals surface area contributed by atoms with Crippen LogP contribution < -0.4 is 10.1 Å². The van der Waals surface area contributed by atoms with Crippen molar-refractivity contribution < 1.29 is 13.9 Å². The van der Waals surface area contributed by atoms with E-state index in [1.54, 1.807) is 6.07 Å². The van der Waals surface area contributed by atoms with Crippen LogP contribution in [-0.2, 0) is 11.3 Å². The number of hydrogen-bond acceptors (Lipinski definition) is 3. The molecule has 0 saturated heterocycles. The number of halogens is 1. The molecule has 0 heterocycles. The van der Waals surface area contributed by atoms with E-state index in [9.17, 15) is 4.39 Å². The van der Waals surface area contributed by atoms with Crippen molar-refractivity contribution in [1.29, 1.82) is 0 Å². The zero-order valence-corrected chi connectivity index (χ0v) is 10.6. The molecular weight excluding hydrogens is 221 g/mol. The van der Waals surface area contributed by atoms with Crippen molar-refractivity contribution >= 4 is 0 Å². The molecule has 17 heavy (non-hydrogen) atoms. The molecule has 1 atom stereocenters. The first-order valence-corrected chi connectivity index (χ1v) is 5.81. The second-order valence-corrected chi connectivity index (χ2v) is 3.91. The van der Waals surface area contributed by atoms with Gasteiger partial charge in [-0.25, -0.2) is 4.39 Å². The minimum atomic E-state index is -0.329. The van der Waals surface area contributed by atoms with Crippen molar-refractivity contribution in [2.75, 3.05) is 20.3 Å². The van der Waals surface area contributed by atoms with E-state index in [1.165, 1.54) is 13.2 Å². The second-order valence-electron chi connectivity index (χ2n) is 3.91.